The van der Waals surface area contributed by atoms with Gasteiger partial charge in [0.1, 0.15) is 6.61 Å². The summed E-state index contributed by atoms with van der Waals surface area (Å²) in [6.45, 7) is 7.68. The number of allylic oxidation sites excluding steroid dienone is 2. The van der Waals surface area contributed by atoms with Gasteiger partial charge in [-0.3, -0.25) is 14.4 Å². The second-order valence-electron chi connectivity index (χ2n) is 9.59. The monoisotopic (exact) mass is 518 g/mol. The van der Waals surface area contributed by atoms with Gasteiger partial charge in [0.05, 0.1) is 24.6 Å². The number of ether oxygens (including phenoxy) is 1. The van der Waals surface area contributed by atoms with Gasteiger partial charge in [0.25, 0.3) is 0 Å². The molecule has 0 fully saturated rings. The number of benzene rings is 2. The van der Waals surface area contributed by atoms with E-state index in [1.165, 1.54) is 0 Å². The lowest BCUT2D eigenvalue weighted by atomic mass is 9.92. The molecule has 1 aliphatic rings. The highest BCUT2D eigenvalue weighted by Gasteiger charge is 2.32. The maximum Gasteiger partial charge on any atom is 0.305 e. The van der Waals surface area contributed by atoms with Crippen LogP contribution in [0.5, 0.6) is 0 Å². The minimum atomic E-state index is -0.647. The molecule has 0 bridgehead atoms. The maximum absolute atomic E-state index is 13.4. The van der Waals surface area contributed by atoms with Crippen molar-refractivity contribution in [2.75, 3.05) is 13.2 Å². The van der Waals surface area contributed by atoms with Crippen molar-refractivity contribution in [1.29, 1.82) is 0 Å². The first kappa shape index (κ1) is 28.9. The van der Waals surface area contributed by atoms with Gasteiger partial charge in [-0.05, 0) is 42.4 Å². The Labute approximate surface area is 225 Å². The normalized spacial score (nSPS) is 16.0. The summed E-state index contributed by atoms with van der Waals surface area (Å²) >= 11 is 0. The van der Waals surface area contributed by atoms with Crippen molar-refractivity contribution in [3.63, 3.8) is 0 Å². The summed E-state index contributed by atoms with van der Waals surface area (Å²) in [7, 11) is 0. The molecule has 202 valence electrons. The molecule has 0 aromatic heterocycles. The molecule has 3 rings (SSSR count). The van der Waals surface area contributed by atoms with E-state index in [9.17, 15) is 19.5 Å². The highest BCUT2D eigenvalue weighted by Crippen LogP contribution is 2.26. The molecular formula is C31H38N2O5. The Balaban J connectivity index is 1.69. The van der Waals surface area contributed by atoms with Gasteiger partial charge < -0.3 is 20.1 Å². The molecule has 7 nitrogen and oxygen atoms in total. The Morgan fingerprint density at radius 3 is 2.45 bits per heavy atom. The molecule has 0 saturated heterocycles. The molecule has 2 amide bonds. The van der Waals surface area contributed by atoms with E-state index in [0.29, 0.717) is 25.8 Å². The zero-order valence-corrected chi connectivity index (χ0v) is 21.9. The summed E-state index contributed by atoms with van der Waals surface area (Å²) in [6.07, 6.45) is 5.92. The number of fused-ring (bicyclic) bond motifs is 1. The predicted octanol–water partition coefficient (Wildman–Crippen LogP) is 4.27. The van der Waals surface area contributed by atoms with Crippen molar-refractivity contribution in [1.82, 2.24) is 10.2 Å². The summed E-state index contributed by atoms with van der Waals surface area (Å²) in [5.41, 5.74) is 2.98. The lowest BCUT2D eigenvalue weighted by Crippen LogP contribution is -2.47. The Morgan fingerprint density at radius 1 is 1.05 bits per heavy atom. The molecule has 1 aliphatic heterocycles. The minimum Gasteiger partial charge on any atom is -0.463 e. The molecule has 38 heavy (non-hydrogen) atoms. The van der Waals surface area contributed by atoms with Crippen molar-refractivity contribution in [2.45, 2.75) is 57.2 Å². The molecule has 0 saturated carbocycles. The highest BCUT2D eigenvalue weighted by molar-refractivity contribution is 5.86. The highest BCUT2D eigenvalue weighted by atomic mass is 16.5. The number of rotatable bonds is 14. The average Bonchev–Trinajstić information content (AvgIpc) is 2.94. The number of esters is 1. The Morgan fingerprint density at radius 2 is 1.76 bits per heavy atom. The number of nitrogens with one attached hydrogen (secondary N) is 1. The number of hydrogen-bond donors (Lipinski definition) is 2. The minimum absolute atomic E-state index is 0.00702. The topological polar surface area (TPSA) is 95.9 Å². The first-order valence-electron chi connectivity index (χ1n) is 13.2. The molecular weight excluding hydrogens is 480 g/mol. The Hall–Kier alpha value is -3.71. The summed E-state index contributed by atoms with van der Waals surface area (Å²) in [5.74, 6) is -1.48. The van der Waals surface area contributed by atoms with Gasteiger partial charge >= 0.3 is 5.97 Å². The second-order valence-corrected chi connectivity index (χ2v) is 9.59. The van der Waals surface area contributed by atoms with Gasteiger partial charge in [-0.2, -0.15) is 0 Å². The quantitative estimate of drug-likeness (QED) is 0.221. The fraction of sp³-hybridized carbons (Fsp3) is 0.387. The zero-order valence-electron chi connectivity index (χ0n) is 21.9. The molecule has 3 atom stereocenters. The third-order valence-electron chi connectivity index (χ3n) is 6.85. The van der Waals surface area contributed by atoms with Crippen LogP contribution in [0, 0.1) is 5.92 Å². The van der Waals surface area contributed by atoms with Gasteiger partial charge in [-0.1, -0.05) is 66.7 Å². The van der Waals surface area contributed by atoms with E-state index in [1.54, 1.807) is 17.1 Å². The van der Waals surface area contributed by atoms with Crippen molar-refractivity contribution < 1.29 is 24.2 Å². The molecule has 0 unspecified atom stereocenters. The number of aliphatic hydroxyl groups is 1. The van der Waals surface area contributed by atoms with E-state index in [0.717, 1.165) is 23.1 Å². The number of carbonyl (C=O) groups is 3. The summed E-state index contributed by atoms with van der Waals surface area (Å²) in [5, 5.41) is 13.0. The van der Waals surface area contributed by atoms with Crippen LogP contribution in [0.25, 0.3) is 0 Å². The number of amides is 2. The van der Waals surface area contributed by atoms with E-state index in [1.807, 2.05) is 54.6 Å². The number of carbonyl (C=O) groups excluding carboxylic acids is 3. The van der Waals surface area contributed by atoms with Crippen LogP contribution in [0.3, 0.4) is 0 Å². The van der Waals surface area contributed by atoms with E-state index in [2.05, 4.69) is 18.5 Å². The molecule has 0 spiro atoms. The van der Waals surface area contributed by atoms with Crippen molar-refractivity contribution in [3.05, 3.63) is 96.6 Å². The van der Waals surface area contributed by atoms with Crippen LogP contribution >= 0.6 is 0 Å². The molecule has 7 heteroatoms. The third-order valence-corrected chi connectivity index (χ3v) is 6.85. The Kier molecular flexibility index (Phi) is 11.3. The van der Waals surface area contributed by atoms with Crippen LogP contribution in [0.15, 0.2) is 79.9 Å². The summed E-state index contributed by atoms with van der Waals surface area (Å²) in [4.78, 5) is 40.7. The van der Waals surface area contributed by atoms with E-state index in [4.69, 9.17) is 4.74 Å². The number of unbranched alkanes of at least 4 members (excludes halogenated alkanes) is 1. The SMILES string of the molecule is C=CCCCC(=O)OC[C@H](NC(=O)[C@H](CC=C)CC(=O)N1Cc2ccccc2C[C@H]1CO)c1ccccc1. The van der Waals surface area contributed by atoms with Crippen LogP contribution in [0.1, 0.15) is 54.8 Å². The summed E-state index contributed by atoms with van der Waals surface area (Å²) < 4.78 is 5.47. The smallest absolute Gasteiger partial charge is 0.305 e. The average molecular weight is 519 g/mol. The van der Waals surface area contributed by atoms with Crippen molar-refractivity contribution in [3.8, 4) is 0 Å². The fourth-order valence-corrected chi connectivity index (χ4v) is 4.69. The van der Waals surface area contributed by atoms with E-state index < -0.39 is 12.0 Å². The number of aliphatic hydroxyl groups excluding tert-OH is 1. The van der Waals surface area contributed by atoms with Gasteiger partial charge in [0.15, 0.2) is 0 Å². The van der Waals surface area contributed by atoms with Crippen LogP contribution in [-0.2, 0) is 32.1 Å². The standard InChI is InChI=1S/C31H38N2O5/c1-3-5-7-17-30(36)38-22-28(23-13-8-6-9-14-23)32-31(37)25(12-4-2)19-29(35)33-20-26-16-11-10-15-24(26)18-27(33)21-34/h3-4,6,8-11,13-16,25,27-28,34H,1-2,5,7,12,17-22H2,(H,32,37)/t25-,27+,28+/m1/s1. The number of hydrogen-bond acceptors (Lipinski definition) is 5. The lowest BCUT2D eigenvalue weighted by molar-refractivity contribution is -0.145. The first-order valence-corrected chi connectivity index (χ1v) is 13.2. The Bertz CT molecular complexity index is 1100. The largest absolute Gasteiger partial charge is 0.463 e. The second kappa shape index (κ2) is 14.9. The fourth-order valence-electron chi connectivity index (χ4n) is 4.69. The van der Waals surface area contributed by atoms with Gasteiger partial charge in [0.2, 0.25) is 11.8 Å². The van der Waals surface area contributed by atoms with Crippen LogP contribution in [0.4, 0.5) is 0 Å². The third kappa shape index (κ3) is 8.15. The molecule has 1 heterocycles. The summed E-state index contributed by atoms with van der Waals surface area (Å²) in [6, 6.07) is 16.3. The first-order chi connectivity index (χ1) is 18.5. The van der Waals surface area contributed by atoms with Crippen molar-refractivity contribution >= 4 is 17.8 Å². The van der Waals surface area contributed by atoms with E-state index >= 15 is 0 Å². The molecule has 2 aromatic rings. The van der Waals surface area contributed by atoms with E-state index in [-0.39, 0.29) is 49.9 Å². The molecule has 2 N–H and O–H groups in total. The van der Waals surface area contributed by atoms with Gasteiger partial charge in [0, 0.05) is 19.4 Å². The molecule has 2 aromatic carbocycles. The molecule has 0 radical (unpaired) electrons. The zero-order chi connectivity index (χ0) is 27.3. The predicted molar refractivity (Wildman–Crippen MR) is 147 cm³/mol. The maximum atomic E-state index is 13.4. The van der Waals surface area contributed by atoms with Gasteiger partial charge in [-0.15, -0.1) is 13.2 Å². The molecule has 0 aliphatic carbocycles. The van der Waals surface area contributed by atoms with Crippen LogP contribution in [-0.4, -0.2) is 47.0 Å². The van der Waals surface area contributed by atoms with Crippen LogP contribution < -0.4 is 5.32 Å². The van der Waals surface area contributed by atoms with Crippen molar-refractivity contribution in [2.24, 2.45) is 5.92 Å². The lowest BCUT2D eigenvalue weighted by Gasteiger charge is -2.36. The van der Waals surface area contributed by atoms with Crippen LogP contribution in [0.2, 0.25) is 0 Å². The van der Waals surface area contributed by atoms with Gasteiger partial charge in [-0.25, -0.2) is 0 Å². The number of nitrogens with zero attached hydrogens (tertiary/aromatic N) is 1.